The lowest BCUT2D eigenvalue weighted by Gasteiger charge is -2.21. The molecule has 0 aliphatic carbocycles. The first-order valence-corrected chi connectivity index (χ1v) is 6.92. The number of ether oxygens (including phenoxy) is 1. The van der Waals surface area contributed by atoms with Crippen LogP contribution < -0.4 is 5.32 Å². The zero-order valence-electron chi connectivity index (χ0n) is 11.3. The van der Waals surface area contributed by atoms with Gasteiger partial charge < -0.3 is 10.1 Å². The third-order valence-corrected chi connectivity index (χ3v) is 4.04. The highest BCUT2D eigenvalue weighted by Crippen LogP contribution is 2.25. The average molecular weight is 246 g/mol. The summed E-state index contributed by atoms with van der Waals surface area (Å²) in [6, 6.07) is 7.88. The van der Waals surface area contributed by atoms with E-state index in [4.69, 9.17) is 4.74 Å². The molecule has 2 heterocycles. The molecule has 3 rings (SSSR count). The number of benzene rings is 1. The van der Waals surface area contributed by atoms with Crippen LogP contribution >= 0.6 is 0 Å². The van der Waals surface area contributed by atoms with E-state index in [0.29, 0.717) is 12.1 Å². The summed E-state index contributed by atoms with van der Waals surface area (Å²) in [6.07, 6.45) is 1.24. The molecule has 2 aliphatic rings. The molecule has 0 amide bonds. The van der Waals surface area contributed by atoms with E-state index in [1.807, 2.05) is 0 Å². The monoisotopic (exact) mass is 246 g/mol. The summed E-state index contributed by atoms with van der Waals surface area (Å²) < 4.78 is 5.45. The molecule has 18 heavy (non-hydrogen) atoms. The summed E-state index contributed by atoms with van der Waals surface area (Å²) in [5.41, 5.74) is 3.93. The van der Waals surface area contributed by atoms with Gasteiger partial charge in [0.2, 0.25) is 0 Å². The largest absolute Gasteiger partial charge is 0.381 e. The molecule has 1 unspecified atom stereocenters. The van der Waals surface area contributed by atoms with Gasteiger partial charge in [0.05, 0.1) is 13.2 Å². The highest BCUT2D eigenvalue weighted by molar-refractivity contribution is 5.50. The highest BCUT2D eigenvalue weighted by atomic mass is 16.5. The highest BCUT2D eigenvalue weighted by Gasteiger charge is 2.24. The second-order valence-corrected chi connectivity index (χ2v) is 5.69. The Bertz CT molecular complexity index is 431. The fourth-order valence-electron chi connectivity index (χ4n) is 2.87. The summed E-state index contributed by atoms with van der Waals surface area (Å²) in [5.74, 6) is 0. The van der Waals surface area contributed by atoms with Crippen molar-refractivity contribution in [2.45, 2.75) is 45.6 Å². The second-order valence-electron chi connectivity index (χ2n) is 5.69. The maximum Gasteiger partial charge on any atom is 0.0725 e. The lowest BCUT2D eigenvalue weighted by molar-refractivity contribution is 0.134. The molecule has 98 valence electrons. The van der Waals surface area contributed by atoms with Crippen molar-refractivity contribution in [2.24, 2.45) is 0 Å². The summed E-state index contributed by atoms with van der Waals surface area (Å²) in [5, 5.41) is 3.66. The summed E-state index contributed by atoms with van der Waals surface area (Å²) in [6.45, 7) is 8.46. The molecule has 1 aromatic carbocycles. The van der Waals surface area contributed by atoms with E-state index in [9.17, 15) is 0 Å². The number of fused-ring (bicyclic) bond motifs is 1. The Hall–Kier alpha value is -1.06. The van der Waals surface area contributed by atoms with Crippen molar-refractivity contribution in [2.75, 3.05) is 18.4 Å². The number of anilines is 1. The van der Waals surface area contributed by atoms with Crippen LogP contribution in [-0.4, -0.2) is 30.1 Å². The Morgan fingerprint density at radius 1 is 1.28 bits per heavy atom. The van der Waals surface area contributed by atoms with Crippen LogP contribution in [0.2, 0.25) is 0 Å². The van der Waals surface area contributed by atoms with Gasteiger partial charge in [-0.15, -0.1) is 0 Å². The molecule has 0 saturated carbocycles. The van der Waals surface area contributed by atoms with Crippen LogP contribution in [0.1, 0.15) is 31.4 Å². The molecule has 0 radical (unpaired) electrons. The summed E-state index contributed by atoms with van der Waals surface area (Å²) in [7, 11) is 0. The fourth-order valence-corrected chi connectivity index (χ4v) is 2.87. The molecule has 1 aromatic rings. The molecule has 3 heteroatoms. The van der Waals surface area contributed by atoms with Gasteiger partial charge >= 0.3 is 0 Å². The average Bonchev–Trinajstić information content (AvgIpc) is 2.96. The van der Waals surface area contributed by atoms with Gasteiger partial charge in [-0.2, -0.15) is 0 Å². The van der Waals surface area contributed by atoms with Crippen LogP contribution in [0.15, 0.2) is 18.2 Å². The van der Waals surface area contributed by atoms with Gasteiger partial charge in [-0.1, -0.05) is 6.07 Å². The molecule has 1 saturated heterocycles. The Morgan fingerprint density at radius 2 is 2.11 bits per heavy atom. The van der Waals surface area contributed by atoms with Crippen LogP contribution in [0.25, 0.3) is 0 Å². The minimum absolute atomic E-state index is 0.591. The first-order chi connectivity index (χ1) is 8.72. The minimum atomic E-state index is 0.591. The summed E-state index contributed by atoms with van der Waals surface area (Å²) >= 11 is 0. The standard InChI is InChI=1S/C15H22N2O/c1-11(2)17-6-5-15(8-17)16-14-4-3-12-9-18-10-13(12)7-14/h3-4,7,11,15-16H,5-6,8-10H2,1-2H3. The van der Waals surface area contributed by atoms with Crippen LogP contribution in [0.5, 0.6) is 0 Å². The topological polar surface area (TPSA) is 24.5 Å². The van der Waals surface area contributed by atoms with E-state index in [1.165, 1.54) is 29.8 Å². The fraction of sp³-hybridized carbons (Fsp3) is 0.600. The van der Waals surface area contributed by atoms with E-state index in [0.717, 1.165) is 19.8 Å². The predicted octanol–water partition coefficient (Wildman–Crippen LogP) is 2.61. The van der Waals surface area contributed by atoms with Crippen molar-refractivity contribution in [3.63, 3.8) is 0 Å². The number of likely N-dealkylation sites (tertiary alicyclic amines) is 1. The first kappa shape index (κ1) is 12.0. The van der Waals surface area contributed by atoms with Gasteiger partial charge in [0.25, 0.3) is 0 Å². The van der Waals surface area contributed by atoms with Gasteiger partial charge in [-0.25, -0.2) is 0 Å². The van der Waals surface area contributed by atoms with Crippen molar-refractivity contribution < 1.29 is 4.74 Å². The van der Waals surface area contributed by atoms with Crippen molar-refractivity contribution in [1.82, 2.24) is 4.90 Å². The molecular weight excluding hydrogens is 224 g/mol. The van der Waals surface area contributed by atoms with Crippen LogP contribution in [0, 0.1) is 0 Å². The van der Waals surface area contributed by atoms with Crippen molar-refractivity contribution in [3.8, 4) is 0 Å². The molecule has 1 atom stereocenters. The number of nitrogens with zero attached hydrogens (tertiary/aromatic N) is 1. The zero-order chi connectivity index (χ0) is 12.5. The van der Waals surface area contributed by atoms with Gasteiger partial charge in [-0.3, -0.25) is 4.90 Å². The smallest absolute Gasteiger partial charge is 0.0725 e. The Balaban J connectivity index is 1.63. The molecule has 1 fully saturated rings. The number of hydrogen-bond donors (Lipinski definition) is 1. The maximum absolute atomic E-state index is 5.45. The predicted molar refractivity (Wildman–Crippen MR) is 73.7 cm³/mol. The van der Waals surface area contributed by atoms with E-state index >= 15 is 0 Å². The van der Waals surface area contributed by atoms with Gasteiger partial charge in [0.15, 0.2) is 0 Å². The lowest BCUT2D eigenvalue weighted by Crippen LogP contribution is -2.31. The lowest BCUT2D eigenvalue weighted by atomic mass is 10.1. The van der Waals surface area contributed by atoms with Gasteiger partial charge in [-0.05, 0) is 43.5 Å². The SMILES string of the molecule is CC(C)N1CCC(Nc2ccc3c(c2)COC3)C1. The molecule has 1 N–H and O–H groups in total. The number of nitrogens with one attached hydrogen (secondary N) is 1. The Labute approximate surface area is 109 Å². The van der Waals surface area contributed by atoms with E-state index in [-0.39, 0.29) is 0 Å². The molecule has 2 aliphatic heterocycles. The normalized spacial score (nSPS) is 23.6. The van der Waals surface area contributed by atoms with E-state index in [1.54, 1.807) is 0 Å². The molecule has 0 bridgehead atoms. The van der Waals surface area contributed by atoms with Crippen molar-refractivity contribution in [3.05, 3.63) is 29.3 Å². The quantitative estimate of drug-likeness (QED) is 0.887. The van der Waals surface area contributed by atoms with Crippen molar-refractivity contribution >= 4 is 5.69 Å². The third kappa shape index (κ3) is 2.38. The van der Waals surface area contributed by atoms with Gasteiger partial charge in [0, 0.05) is 30.9 Å². The zero-order valence-corrected chi connectivity index (χ0v) is 11.3. The first-order valence-electron chi connectivity index (χ1n) is 6.92. The molecule has 3 nitrogen and oxygen atoms in total. The Morgan fingerprint density at radius 3 is 2.89 bits per heavy atom. The number of hydrogen-bond acceptors (Lipinski definition) is 3. The molecule has 0 spiro atoms. The third-order valence-electron chi connectivity index (χ3n) is 4.04. The molecular formula is C15H22N2O. The Kier molecular flexibility index (Phi) is 3.27. The minimum Gasteiger partial charge on any atom is -0.381 e. The van der Waals surface area contributed by atoms with Crippen LogP contribution in [0.4, 0.5) is 5.69 Å². The van der Waals surface area contributed by atoms with Crippen LogP contribution in [-0.2, 0) is 18.0 Å². The van der Waals surface area contributed by atoms with E-state index < -0.39 is 0 Å². The number of rotatable bonds is 3. The summed E-state index contributed by atoms with van der Waals surface area (Å²) in [4.78, 5) is 2.54. The van der Waals surface area contributed by atoms with Crippen LogP contribution in [0.3, 0.4) is 0 Å². The maximum atomic E-state index is 5.45. The van der Waals surface area contributed by atoms with E-state index in [2.05, 4.69) is 42.3 Å². The van der Waals surface area contributed by atoms with Gasteiger partial charge in [0.1, 0.15) is 0 Å². The second kappa shape index (κ2) is 4.90. The van der Waals surface area contributed by atoms with Crippen molar-refractivity contribution in [1.29, 1.82) is 0 Å². The molecule has 0 aromatic heterocycles.